The number of rotatable bonds is 6. The van der Waals surface area contributed by atoms with Gasteiger partial charge in [-0.2, -0.15) is 5.10 Å². The van der Waals surface area contributed by atoms with Crippen molar-refractivity contribution in [1.82, 2.24) is 14.8 Å². The SMILES string of the molecule is CCCn1ncnc1CC(O)c1cc(OC)cs1. The van der Waals surface area contributed by atoms with Crippen LogP contribution in [0.4, 0.5) is 0 Å². The summed E-state index contributed by atoms with van der Waals surface area (Å²) in [6.07, 6.45) is 2.45. The number of aryl methyl sites for hydroxylation is 1. The molecule has 98 valence electrons. The summed E-state index contributed by atoms with van der Waals surface area (Å²) in [6, 6.07) is 1.86. The summed E-state index contributed by atoms with van der Waals surface area (Å²) in [7, 11) is 1.62. The van der Waals surface area contributed by atoms with Gasteiger partial charge in [-0.05, 0) is 12.5 Å². The minimum atomic E-state index is -0.557. The second kappa shape index (κ2) is 5.97. The van der Waals surface area contributed by atoms with E-state index >= 15 is 0 Å². The summed E-state index contributed by atoms with van der Waals surface area (Å²) in [5, 5.41) is 16.2. The van der Waals surface area contributed by atoms with E-state index in [1.54, 1.807) is 7.11 Å². The molecule has 5 nitrogen and oxygen atoms in total. The standard InChI is InChI=1S/C12H17N3O2S/c1-3-4-15-12(13-8-14-15)6-10(16)11-5-9(17-2)7-18-11/h5,7-8,10,16H,3-4,6H2,1-2H3. The Morgan fingerprint density at radius 3 is 3.06 bits per heavy atom. The molecule has 0 amide bonds. The highest BCUT2D eigenvalue weighted by atomic mass is 32.1. The van der Waals surface area contributed by atoms with Gasteiger partial charge in [0.15, 0.2) is 0 Å². The van der Waals surface area contributed by atoms with Crippen molar-refractivity contribution in [3.8, 4) is 5.75 Å². The van der Waals surface area contributed by atoms with E-state index in [1.807, 2.05) is 16.1 Å². The predicted molar refractivity (Wildman–Crippen MR) is 69.8 cm³/mol. The van der Waals surface area contributed by atoms with Crippen LogP contribution >= 0.6 is 11.3 Å². The third kappa shape index (κ3) is 2.88. The van der Waals surface area contributed by atoms with Gasteiger partial charge in [0.1, 0.15) is 17.9 Å². The van der Waals surface area contributed by atoms with Crippen LogP contribution in [0.3, 0.4) is 0 Å². The van der Waals surface area contributed by atoms with Crippen molar-refractivity contribution in [2.45, 2.75) is 32.4 Å². The molecule has 18 heavy (non-hydrogen) atoms. The zero-order valence-electron chi connectivity index (χ0n) is 10.5. The quantitative estimate of drug-likeness (QED) is 0.870. The number of nitrogens with zero attached hydrogens (tertiary/aromatic N) is 3. The Labute approximate surface area is 110 Å². The van der Waals surface area contributed by atoms with Gasteiger partial charge in [0.25, 0.3) is 0 Å². The first-order valence-corrected chi connectivity index (χ1v) is 6.79. The molecule has 2 rings (SSSR count). The molecule has 0 spiro atoms. The van der Waals surface area contributed by atoms with Gasteiger partial charge in [-0.15, -0.1) is 11.3 Å². The Hall–Kier alpha value is -1.40. The number of hydrogen-bond acceptors (Lipinski definition) is 5. The van der Waals surface area contributed by atoms with Crippen LogP contribution in [0.2, 0.25) is 0 Å². The monoisotopic (exact) mass is 267 g/mol. The fraction of sp³-hybridized carbons (Fsp3) is 0.500. The Balaban J connectivity index is 2.06. The summed E-state index contributed by atoms with van der Waals surface area (Å²) in [5.41, 5.74) is 0. The van der Waals surface area contributed by atoms with Crippen LogP contribution in [-0.4, -0.2) is 27.0 Å². The van der Waals surface area contributed by atoms with E-state index in [-0.39, 0.29) is 0 Å². The van der Waals surface area contributed by atoms with Crippen LogP contribution in [0.1, 0.15) is 30.2 Å². The molecular formula is C12H17N3O2S. The Morgan fingerprint density at radius 1 is 1.56 bits per heavy atom. The summed E-state index contributed by atoms with van der Waals surface area (Å²) in [4.78, 5) is 5.08. The number of ether oxygens (including phenoxy) is 1. The third-order valence-electron chi connectivity index (χ3n) is 2.67. The van der Waals surface area contributed by atoms with Crippen LogP contribution in [0, 0.1) is 0 Å². The topological polar surface area (TPSA) is 60.2 Å². The third-order valence-corrected chi connectivity index (χ3v) is 3.68. The molecule has 0 aliphatic carbocycles. The molecule has 0 saturated carbocycles. The molecule has 1 N–H and O–H groups in total. The van der Waals surface area contributed by atoms with Gasteiger partial charge >= 0.3 is 0 Å². The molecule has 0 aliphatic rings. The lowest BCUT2D eigenvalue weighted by Gasteiger charge is -2.09. The van der Waals surface area contributed by atoms with Gasteiger partial charge in [0.05, 0.1) is 13.2 Å². The van der Waals surface area contributed by atoms with Crippen LogP contribution in [0.15, 0.2) is 17.8 Å². The Kier molecular flexibility index (Phi) is 4.33. The largest absolute Gasteiger partial charge is 0.496 e. The lowest BCUT2D eigenvalue weighted by molar-refractivity contribution is 0.177. The first kappa shape index (κ1) is 13.0. The van der Waals surface area contributed by atoms with Crippen molar-refractivity contribution in [3.05, 3.63) is 28.5 Å². The average Bonchev–Trinajstić information content (AvgIpc) is 2.99. The molecule has 0 saturated heterocycles. The van der Waals surface area contributed by atoms with Gasteiger partial charge in [-0.25, -0.2) is 4.98 Å². The average molecular weight is 267 g/mol. The molecule has 2 aromatic rings. The van der Waals surface area contributed by atoms with Crippen molar-refractivity contribution < 1.29 is 9.84 Å². The summed E-state index contributed by atoms with van der Waals surface area (Å²) < 4.78 is 6.95. The Morgan fingerprint density at radius 2 is 2.39 bits per heavy atom. The highest BCUT2D eigenvalue weighted by molar-refractivity contribution is 7.10. The molecule has 2 heterocycles. The smallest absolute Gasteiger partial charge is 0.138 e. The fourth-order valence-electron chi connectivity index (χ4n) is 1.73. The van der Waals surface area contributed by atoms with Gasteiger partial charge < -0.3 is 9.84 Å². The van der Waals surface area contributed by atoms with E-state index in [0.717, 1.165) is 29.4 Å². The number of thiophene rings is 1. The van der Waals surface area contributed by atoms with Crippen molar-refractivity contribution in [2.24, 2.45) is 0 Å². The minimum absolute atomic E-state index is 0.476. The van der Waals surface area contributed by atoms with E-state index in [4.69, 9.17) is 4.74 Å². The second-order valence-corrected chi connectivity index (χ2v) is 4.95. The van der Waals surface area contributed by atoms with E-state index in [2.05, 4.69) is 17.0 Å². The van der Waals surface area contributed by atoms with Crippen LogP contribution < -0.4 is 4.74 Å². The van der Waals surface area contributed by atoms with E-state index in [1.165, 1.54) is 17.7 Å². The summed E-state index contributed by atoms with van der Waals surface area (Å²) in [5.74, 6) is 1.60. The number of methoxy groups -OCH3 is 1. The molecule has 0 fully saturated rings. The van der Waals surface area contributed by atoms with Crippen molar-refractivity contribution in [3.63, 3.8) is 0 Å². The Bertz CT molecular complexity index is 495. The number of aliphatic hydroxyl groups is 1. The zero-order chi connectivity index (χ0) is 13.0. The maximum absolute atomic E-state index is 10.2. The number of hydrogen-bond donors (Lipinski definition) is 1. The predicted octanol–water partition coefficient (Wildman–Crippen LogP) is 2.03. The van der Waals surface area contributed by atoms with Crippen molar-refractivity contribution in [1.29, 1.82) is 0 Å². The molecule has 0 bridgehead atoms. The van der Waals surface area contributed by atoms with Crippen molar-refractivity contribution >= 4 is 11.3 Å². The molecule has 1 atom stereocenters. The summed E-state index contributed by atoms with van der Waals surface area (Å²) >= 11 is 1.49. The van der Waals surface area contributed by atoms with Crippen LogP contribution in [0.25, 0.3) is 0 Å². The normalized spacial score (nSPS) is 12.6. The molecular weight excluding hydrogens is 250 g/mol. The minimum Gasteiger partial charge on any atom is -0.496 e. The number of aromatic nitrogens is 3. The van der Waals surface area contributed by atoms with E-state index in [0.29, 0.717) is 6.42 Å². The second-order valence-electron chi connectivity index (χ2n) is 4.01. The van der Waals surface area contributed by atoms with Gasteiger partial charge in [0.2, 0.25) is 0 Å². The van der Waals surface area contributed by atoms with Crippen LogP contribution in [0.5, 0.6) is 5.75 Å². The van der Waals surface area contributed by atoms with Gasteiger partial charge in [-0.3, -0.25) is 4.68 Å². The number of aliphatic hydroxyl groups excluding tert-OH is 1. The maximum atomic E-state index is 10.2. The van der Waals surface area contributed by atoms with E-state index < -0.39 is 6.10 Å². The molecule has 2 aromatic heterocycles. The van der Waals surface area contributed by atoms with Crippen LogP contribution in [-0.2, 0) is 13.0 Å². The summed E-state index contributed by atoms with van der Waals surface area (Å²) in [6.45, 7) is 2.92. The van der Waals surface area contributed by atoms with E-state index in [9.17, 15) is 5.11 Å². The lowest BCUT2D eigenvalue weighted by Crippen LogP contribution is -2.09. The lowest BCUT2D eigenvalue weighted by atomic mass is 10.2. The first-order valence-electron chi connectivity index (χ1n) is 5.91. The highest BCUT2D eigenvalue weighted by Crippen LogP contribution is 2.28. The van der Waals surface area contributed by atoms with Gasteiger partial charge in [-0.1, -0.05) is 6.92 Å². The molecule has 0 radical (unpaired) electrons. The molecule has 0 aromatic carbocycles. The van der Waals surface area contributed by atoms with Crippen molar-refractivity contribution in [2.75, 3.05) is 7.11 Å². The molecule has 6 heteroatoms. The van der Waals surface area contributed by atoms with Gasteiger partial charge in [0, 0.05) is 23.2 Å². The highest BCUT2D eigenvalue weighted by Gasteiger charge is 2.15. The maximum Gasteiger partial charge on any atom is 0.138 e. The first-order chi connectivity index (χ1) is 8.74. The molecule has 0 aliphatic heterocycles. The molecule has 1 unspecified atom stereocenters. The zero-order valence-corrected chi connectivity index (χ0v) is 11.4. The fourth-order valence-corrected chi connectivity index (χ4v) is 2.58.